The quantitative estimate of drug-likeness (QED) is 0.764. The summed E-state index contributed by atoms with van der Waals surface area (Å²) in [6.45, 7) is 0. The third-order valence-electron chi connectivity index (χ3n) is 2.91. The van der Waals surface area contributed by atoms with Crippen molar-refractivity contribution in [2.45, 2.75) is 0 Å². The molecule has 0 saturated heterocycles. The molecular formula is C14H8N4O2. The Balaban J connectivity index is 2.39. The Hall–Kier alpha value is -3.20. The van der Waals surface area contributed by atoms with Crippen LogP contribution in [0.3, 0.4) is 0 Å². The molecule has 0 bridgehead atoms. The molecule has 0 amide bonds. The van der Waals surface area contributed by atoms with Gasteiger partial charge >= 0.3 is 5.97 Å². The van der Waals surface area contributed by atoms with Crippen LogP contribution < -0.4 is 0 Å². The Morgan fingerprint density at radius 2 is 2.15 bits per heavy atom. The molecule has 0 unspecified atom stereocenters. The van der Waals surface area contributed by atoms with Crippen molar-refractivity contribution in [1.82, 2.24) is 14.5 Å². The topological polar surface area (TPSA) is 91.8 Å². The van der Waals surface area contributed by atoms with E-state index in [-0.39, 0.29) is 11.5 Å². The van der Waals surface area contributed by atoms with Crippen LogP contribution in [-0.2, 0) is 0 Å². The lowest BCUT2D eigenvalue weighted by Crippen LogP contribution is -2.05. The Labute approximate surface area is 113 Å². The van der Waals surface area contributed by atoms with E-state index < -0.39 is 5.97 Å². The second kappa shape index (κ2) is 4.48. The van der Waals surface area contributed by atoms with Crippen LogP contribution >= 0.6 is 0 Å². The number of fused-ring (bicyclic) bond motifs is 1. The molecule has 2 aromatic heterocycles. The van der Waals surface area contributed by atoms with Crippen molar-refractivity contribution in [1.29, 1.82) is 5.26 Å². The van der Waals surface area contributed by atoms with Crippen molar-refractivity contribution in [2.24, 2.45) is 0 Å². The summed E-state index contributed by atoms with van der Waals surface area (Å²) < 4.78 is 1.55. The van der Waals surface area contributed by atoms with Gasteiger partial charge in [-0.15, -0.1) is 0 Å². The van der Waals surface area contributed by atoms with Crippen LogP contribution in [0.2, 0.25) is 0 Å². The van der Waals surface area contributed by atoms with E-state index in [0.717, 1.165) is 5.39 Å². The summed E-state index contributed by atoms with van der Waals surface area (Å²) in [7, 11) is 0. The number of carboxylic acid groups (broad SMARTS) is 1. The average Bonchev–Trinajstić information content (AvgIpc) is 2.94. The van der Waals surface area contributed by atoms with E-state index in [0.29, 0.717) is 11.2 Å². The molecule has 1 aromatic carbocycles. The Morgan fingerprint density at radius 1 is 1.35 bits per heavy atom. The third kappa shape index (κ3) is 1.78. The average molecular weight is 264 g/mol. The van der Waals surface area contributed by atoms with E-state index in [4.69, 9.17) is 10.4 Å². The first-order valence-electron chi connectivity index (χ1n) is 5.77. The molecule has 3 aromatic rings. The second-order valence-corrected chi connectivity index (χ2v) is 4.08. The standard InChI is InChI=1S/C14H8N4O2/c15-8-13-16-5-6-18(13)12-7-11(14(19)20)17-10-4-2-1-3-9(10)12/h1-7H,(H,19,20). The first-order valence-corrected chi connectivity index (χ1v) is 5.77. The lowest BCUT2D eigenvalue weighted by atomic mass is 10.1. The van der Waals surface area contributed by atoms with Gasteiger partial charge in [-0.1, -0.05) is 18.2 Å². The van der Waals surface area contributed by atoms with Crippen LogP contribution in [0.15, 0.2) is 42.7 Å². The molecule has 96 valence electrons. The highest BCUT2D eigenvalue weighted by Crippen LogP contribution is 2.23. The summed E-state index contributed by atoms with van der Waals surface area (Å²) >= 11 is 0. The van der Waals surface area contributed by atoms with Gasteiger partial charge < -0.3 is 5.11 Å². The minimum absolute atomic E-state index is 0.0729. The maximum atomic E-state index is 11.2. The summed E-state index contributed by atoms with van der Waals surface area (Å²) in [4.78, 5) is 19.2. The number of hydrogen-bond donors (Lipinski definition) is 1. The molecule has 0 saturated carbocycles. The van der Waals surface area contributed by atoms with E-state index >= 15 is 0 Å². The third-order valence-corrected chi connectivity index (χ3v) is 2.91. The maximum Gasteiger partial charge on any atom is 0.354 e. The van der Waals surface area contributed by atoms with Gasteiger partial charge in [0.25, 0.3) is 0 Å². The molecule has 0 radical (unpaired) electrons. The molecule has 0 atom stereocenters. The van der Waals surface area contributed by atoms with Crippen LogP contribution in [0.25, 0.3) is 16.6 Å². The van der Waals surface area contributed by atoms with Gasteiger partial charge in [-0.2, -0.15) is 5.26 Å². The fourth-order valence-corrected chi connectivity index (χ4v) is 2.05. The number of aromatic carboxylic acids is 1. The van der Waals surface area contributed by atoms with Crippen molar-refractivity contribution in [3.8, 4) is 11.8 Å². The summed E-state index contributed by atoms with van der Waals surface area (Å²) in [5.74, 6) is -0.923. The highest BCUT2D eigenvalue weighted by molar-refractivity contribution is 5.94. The number of carboxylic acids is 1. The number of nitriles is 1. The smallest absolute Gasteiger partial charge is 0.354 e. The number of pyridine rings is 1. The van der Waals surface area contributed by atoms with Gasteiger partial charge in [0.2, 0.25) is 5.82 Å². The molecule has 0 fully saturated rings. The molecule has 6 heteroatoms. The van der Waals surface area contributed by atoms with E-state index in [1.165, 1.54) is 12.3 Å². The zero-order valence-corrected chi connectivity index (χ0v) is 10.2. The minimum Gasteiger partial charge on any atom is -0.477 e. The molecule has 6 nitrogen and oxygen atoms in total. The van der Waals surface area contributed by atoms with Crippen molar-refractivity contribution in [3.05, 3.63) is 54.2 Å². The number of benzene rings is 1. The van der Waals surface area contributed by atoms with Gasteiger partial charge in [-0.25, -0.2) is 14.8 Å². The van der Waals surface area contributed by atoms with Crippen LogP contribution in [0.5, 0.6) is 0 Å². The van der Waals surface area contributed by atoms with Gasteiger partial charge in [0.1, 0.15) is 6.07 Å². The van der Waals surface area contributed by atoms with Gasteiger partial charge in [0.05, 0.1) is 11.2 Å². The summed E-state index contributed by atoms with van der Waals surface area (Å²) in [5.41, 5.74) is 1.05. The molecule has 0 aliphatic heterocycles. The van der Waals surface area contributed by atoms with Gasteiger partial charge in [0.15, 0.2) is 5.69 Å². The van der Waals surface area contributed by atoms with Crippen LogP contribution in [0.4, 0.5) is 0 Å². The van der Waals surface area contributed by atoms with E-state index in [2.05, 4.69) is 9.97 Å². The Morgan fingerprint density at radius 3 is 2.90 bits per heavy atom. The van der Waals surface area contributed by atoms with Crippen molar-refractivity contribution in [2.75, 3.05) is 0 Å². The zero-order valence-electron chi connectivity index (χ0n) is 10.2. The molecule has 0 aliphatic rings. The summed E-state index contributed by atoms with van der Waals surface area (Å²) in [6, 6.07) is 10.6. The van der Waals surface area contributed by atoms with Crippen molar-refractivity contribution < 1.29 is 9.90 Å². The molecular weight excluding hydrogens is 256 g/mol. The van der Waals surface area contributed by atoms with E-state index in [1.807, 2.05) is 18.2 Å². The number of imidazole rings is 1. The second-order valence-electron chi connectivity index (χ2n) is 4.08. The Kier molecular flexibility index (Phi) is 2.66. The molecule has 0 aliphatic carbocycles. The van der Waals surface area contributed by atoms with Crippen LogP contribution in [-0.4, -0.2) is 25.6 Å². The zero-order chi connectivity index (χ0) is 14.1. The number of carbonyl (C=O) groups is 1. The van der Waals surface area contributed by atoms with E-state index in [9.17, 15) is 4.79 Å². The number of hydrogen-bond acceptors (Lipinski definition) is 4. The Bertz CT molecular complexity index is 861. The summed E-state index contributed by atoms with van der Waals surface area (Å²) in [6.07, 6.45) is 3.11. The highest BCUT2D eigenvalue weighted by Gasteiger charge is 2.13. The number of para-hydroxylation sites is 1. The minimum atomic E-state index is -1.12. The molecule has 3 rings (SSSR count). The monoisotopic (exact) mass is 264 g/mol. The predicted molar refractivity (Wildman–Crippen MR) is 70.5 cm³/mol. The van der Waals surface area contributed by atoms with Crippen LogP contribution in [0.1, 0.15) is 16.3 Å². The maximum absolute atomic E-state index is 11.2. The largest absolute Gasteiger partial charge is 0.477 e. The molecule has 2 heterocycles. The first kappa shape index (κ1) is 11.9. The number of rotatable bonds is 2. The number of aromatic nitrogens is 3. The van der Waals surface area contributed by atoms with Gasteiger partial charge in [-0.05, 0) is 12.1 Å². The van der Waals surface area contributed by atoms with E-state index in [1.54, 1.807) is 22.9 Å². The van der Waals surface area contributed by atoms with Gasteiger partial charge in [-0.3, -0.25) is 4.57 Å². The lowest BCUT2D eigenvalue weighted by Gasteiger charge is -2.09. The molecule has 20 heavy (non-hydrogen) atoms. The van der Waals surface area contributed by atoms with Crippen LogP contribution in [0, 0.1) is 11.3 Å². The van der Waals surface area contributed by atoms with Gasteiger partial charge in [0, 0.05) is 17.8 Å². The van der Waals surface area contributed by atoms with Crippen molar-refractivity contribution >= 4 is 16.9 Å². The number of nitrogens with zero attached hydrogens (tertiary/aromatic N) is 4. The summed E-state index contributed by atoms with van der Waals surface area (Å²) in [5, 5.41) is 19.0. The first-order chi connectivity index (χ1) is 9.70. The SMILES string of the molecule is N#Cc1nccn1-c1cc(C(=O)O)nc2ccccc12. The highest BCUT2D eigenvalue weighted by atomic mass is 16.4. The fraction of sp³-hybridized carbons (Fsp3) is 0. The van der Waals surface area contributed by atoms with Crippen molar-refractivity contribution in [3.63, 3.8) is 0 Å². The molecule has 1 N–H and O–H groups in total. The lowest BCUT2D eigenvalue weighted by molar-refractivity contribution is 0.0691. The molecule has 0 spiro atoms. The fourth-order valence-electron chi connectivity index (χ4n) is 2.05. The normalized spacial score (nSPS) is 10.3. The predicted octanol–water partition coefficient (Wildman–Crippen LogP) is 1.99.